The number of nitrogens with zero attached hydrogens (tertiary/aromatic N) is 1. The highest BCUT2D eigenvalue weighted by Gasteiger charge is 2.32. The quantitative estimate of drug-likeness (QED) is 0.534. The van der Waals surface area contributed by atoms with Crippen molar-refractivity contribution in [2.75, 3.05) is 6.61 Å². The van der Waals surface area contributed by atoms with Gasteiger partial charge in [-0.05, 0) is 29.0 Å². The third kappa shape index (κ3) is 4.84. The highest BCUT2D eigenvalue weighted by molar-refractivity contribution is 5.85. The zero-order chi connectivity index (χ0) is 19.3. The van der Waals surface area contributed by atoms with E-state index in [4.69, 9.17) is 4.74 Å². The molecule has 0 unspecified atom stereocenters. The number of hydrazone groups is 1. The van der Waals surface area contributed by atoms with Gasteiger partial charge in [-0.2, -0.15) is 18.3 Å². The van der Waals surface area contributed by atoms with Crippen molar-refractivity contribution >= 4 is 22.9 Å². The van der Waals surface area contributed by atoms with Gasteiger partial charge in [0.15, 0.2) is 6.61 Å². The minimum atomic E-state index is -4.49. The van der Waals surface area contributed by atoms with E-state index in [0.29, 0.717) is 5.75 Å². The second-order valence-corrected chi connectivity index (χ2v) is 5.68. The number of fused-ring (bicyclic) bond motifs is 1. The molecule has 0 spiro atoms. The minimum Gasteiger partial charge on any atom is -0.484 e. The Morgan fingerprint density at radius 1 is 1.00 bits per heavy atom. The molecule has 138 valence electrons. The molecule has 0 heterocycles. The number of nitrogens with one attached hydrogen (secondary N) is 1. The highest BCUT2D eigenvalue weighted by Crippen LogP contribution is 2.31. The largest absolute Gasteiger partial charge is 0.484 e. The molecule has 3 aromatic rings. The Labute approximate surface area is 153 Å². The zero-order valence-electron chi connectivity index (χ0n) is 14.0. The van der Waals surface area contributed by atoms with Crippen LogP contribution in [0.1, 0.15) is 11.1 Å². The second kappa shape index (κ2) is 7.90. The molecule has 0 atom stereocenters. The first-order valence-electron chi connectivity index (χ1n) is 8.03. The maximum absolute atomic E-state index is 12.9. The van der Waals surface area contributed by atoms with Gasteiger partial charge in [-0.1, -0.05) is 48.5 Å². The van der Waals surface area contributed by atoms with Gasteiger partial charge in [0.1, 0.15) is 5.75 Å². The molecule has 0 radical (unpaired) electrons. The minimum absolute atomic E-state index is 0.138. The first-order valence-corrected chi connectivity index (χ1v) is 8.03. The van der Waals surface area contributed by atoms with Crippen molar-refractivity contribution in [1.29, 1.82) is 0 Å². The molecule has 0 aliphatic carbocycles. The maximum atomic E-state index is 12.9. The Kier molecular flexibility index (Phi) is 5.40. The number of alkyl halides is 3. The van der Waals surface area contributed by atoms with Crippen LogP contribution in [0.25, 0.3) is 10.8 Å². The molecule has 1 amide bonds. The zero-order valence-corrected chi connectivity index (χ0v) is 14.0. The smallest absolute Gasteiger partial charge is 0.417 e. The van der Waals surface area contributed by atoms with Crippen LogP contribution in [0.4, 0.5) is 13.2 Å². The second-order valence-electron chi connectivity index (χ2n) is 5.68. The molecule has 0 aliphatic heterocycles. The standard InChI is InChI=1S/C20H15F3N2O2/c21-20(22,23)18-8-4-3-7-16(18)12-24-25-19(26)13-27-17-10-9-14-5-1-2-6-15(14)11-17/h1-12H,13H2,(H,25,26). The lowest BCUT2D eigenvalue weighted by Gasteiger charge is -2.09. The Morgan fingerprint density at radius 2 is 1.70 bits per heavy atom. The van der Waals surface area contributed by atoms with Crippen LogP contribution in [0.3, 0.4) is 0 Å². The van der Waals surface area contributed by atoms with Crippen molar-refractivity contribution < 1.29 is 22.7 Å². The summed E-state index contributed by atoms with van der Waals surface area (Å²) in [4.78, 5) is 11.8. The van der Waals surface area contributed by atoms with Crippen molar-refractivity contribution in [1.82, 2.24) is 5.43 Å². The summed E-state index contributed by atoms with van der Waals surface area (Å²) in [5.74, 6) is -0.0702. The summed E-state index contributed by atoms with van der Waals surface area (Å²) in [7, 11) is 0. The predicted octanol–water partition coefficient (Wildman–Crippen LogP) is 4.39. The van der Waals surface area contributed by atoms with Gasteiger partial charge in [0.25, 0.3) is 5.91 Å². The lowest BCUT2D eigenvalue weighted by atomic mass is 10.1. The van der Waals surface area contributed by atoms with Crippen LogP contribution in [-0.4, -0.2) is 18.7 Å². The monoisotopic (exact) mass is 372 g/mol. The van der Waals surface area contributed by atoms with E-state index in [0.717, 1.165) is 23.1 Å². The topological polar surface area (TPSA) is 50.7 Å². The van der Waals surface area contributed by atoms with Crippen LogP contribution in [0, 0.1) is 0 Å². The molecule has 3 rings (SSSR count). The van der Waals surface area contributed by atoms with Crippen LogP contribution < -0.4 is 10.2 Å². The summed E-state index contributed by atoms with van der Waals surface area (Å²) in [5.41, 5.74) is 1.19. The summed E-state index contributed by atoms with van der Waals surface area (Å²) >= 11 is 0. The van der Waals surface area contributed by atoms with Gasteiger partial charge in [-0.3, -0.25) is 4.79 Å². The summed E-state index contributed by atoms with van der Waals surface area (Å²) in [6.45, 7) is -0.309. The van der Waals surface area contributed by atoms with E-state index in [2.05, 4.69) is 10.5 Å². The van der Waals surface area contributed by atoms with E-state index in [1.807, 2.05) is 30.3 Å². The van der Waals surface area contributed by atoms with Crippen LogP contribution in [0.2, 0.25) is 0 Å². The number of carbonyl (C=O) groups excluding carboxylic acids is 1. The fraction of sp³-hybridized carbons (Fsp3) is 0.100. The molecule has 27 heavy (non-hydrogen) atoms. The first-order chi connectivity index (χ1) is 12.9. The van der Waals surface area contributed by atoms with E-state index < -0.39 is 17.6 Å². The third-order valence-electron chi connectivity index (χ3n) is 3.75. The predicted molar refractivity (Wildman–Crippen MR) is 96.6 cm³/mol. The number of carbonyl (C=O) groups is 1. The van der Waals surface area contributed by atoms with E-state index in [1.165, 1.54) is 18.2 Å². The molecule has 4 nitrogen and oxygen atoms in total. The van der Waals surface area contributed by atoms with Crippen molar-refractivity contribution in [3.8, 4) is 5.75 Å². The molecule has 0 saturated carbocycles. The van der Waals surface area contributed by atoms with E-state index in [9.17, 15) is 18.0 Å². The van der Waals surface area contributed by atoms with Gasteiger partial charge < -0.3 is 4.74 Å². The molecule has 3 aromatic carbocycles. The fourth-order valence-corrected chi connectivity index (χ4v) is 2.48. The molecule has 1 N–H and O–H groups in total. The number of hydrogen-bond donors (Lipinski definition) is 1. The van der Waals surface area contributed by atoms with Gasteiger partial charge in [0, 0.05) is 5.56 Å². The molecular weight excluding hydrogens is 357 g/mol. The highest BCUT2D eigenvalue weighted by atomic mass is 19.4. The molecule has 0 aromatic heterocycles. The van der Waals surface area contributed by atoms with Gasteiger partial charge in [-0.25, -0.2) is 5.43 Å². The Bertz CT molecular complexity index is 984. The van der Waals surface area contributed by atoms with Crippen LogP contribution >= 0.6 is 0 Å². The Balaban J connectivity index is 1.57. The Hall–Kier alpha value is -3.35. The number of halogens is 3. The van der Waals surface area contributed by atoms with Crippen LogP contribution in [0.5, 0.6) is 5.75 Å². The van der Waals surface area contributed by atoms with Gasteiger partial charge in [0.2, 0.25) is 0 Å². The van der Waals surface area contributed by atoms with Crippen LogP contribution in [-0.2, 0) is 11.0 Å². The van der Waals surface area contributed by atoms with Crippen molar-refractivity contribution in [2.45, 2.75) is 6.18 Å². The molecular formula is C20H15F3N2O2. The number of hydrogen-bond acceptors (Lipinski definition) is 3. The van der Waals surface area contributed by atoms with E-state index in [1.54, 1.807) is 12.1 Å². The summed E-state index contributed by atoms with van der Waals surface area (Å²) < 4.78 is 44.0. The Morgan fingerprint density at radius 3 is 2.48 bits per heavy atom. The fourth-order valence-electron chi connectivity index (χ4n) is 2.48. The van der Waals surface area contributed by atoms with Gasteiger partial charge >= 0.3 is 6.18 Å². The molecule has 0 fully saturated rings. The SMILES string of the molecule is O=C(COc1ccc2ccccc2c1)NN=Cc1ccccc1C(F)(F)F. The number of rotatable bonds is 5. The third-order valence-corrected chi connectivity index (χ3v) is 3.75. The summed E-state index contributed by atoms with van der Waals surface area (Å²) in [6, 6.07) is 18.1. The van der Waals surface area contributed by atoms with Gasteiger partial charge in [0.05, 0.1) is 11.8 Å². The van der Waals surface area contributed by atoms with E-state index in [-0.39, 0.29) is 12.2 Å². The maximum Gasteiger partial charge on any atom is 0.417 e. The lowest BCUT2D eigenvalue weighted by molar-refractivity contribution is -0.137. The van der Waals surface area contributed by atoms with Crippen molar-refractivity contribution in [2.24, 2.45) is 5.10 Å². The first kappa shape index (κ1) is 18.4. The number of ether oxygens (including phenoxy) is 1. The average Bonchev–Trinajstić information content (AvgIpc) is 2.66. The average molecular weight is 372 g/mol. The van der Waals surface area contributed by atoms with Crippen molar-refractivity contribution in [3.63, 3.8) is 0 Å². The van der Waals surface area contributed by atoms with Gasteiger partial charge in [-0.15, -0.1) is 0 Å². The lowest BCUT2D eigenvalue weighted by Crippen LogP contribution is -2.24. The van der Waals surface area contributed by atoms with E-state index >= 15 is 0 Å². The summed E-state index contributed by atoms with van der Waals surface area (Å²) in [6.07, 6.45) is -3.54. The number of amides is 1. The van der Waals surface area contributed by atoms with Crippen LogP contribution in [0.15, 0.2) is 71.8 Å². The molecule has 0 aliphatic rings. The molecule has 0 saturated heterocycles. The normalized spacial score (nSPS) is 11.7. The number of benzene rings is 3. The molecule has 7 heteroatoms. The molecule has 0 bridgehead atoms. The van der Waals surface area contributed by atoms with Crippen molar-refractivity contribution in [3.05, 3.63) is 77.9 Å². The summed E-state index contributed by atoms with van der Waals surface area (Å²) in [5, 5.41) is 5.59.